The van der Waals surface area contributed by atoms with Crippen molar-refractivity contribution in [1.82, 2.24) is 15.0 Å². The van der Waals surface area contributed by atoms with E-state index < -0.39 is 0 Å². The van der Waals surface area contributed by atoms with Crippen molar-refractivity contribution in [2.75, 3.05) is 23.9 Å². The number of hydrogen-bond acceptors (Lipinski definition) is 7. The molecule has 0 aliphatic rings. The molecule has 4 aromatic rings. The van der Waals surface area contributed by atoms with Gasteiger partial charge in [0.2, 0.25) is 5.95 Å². The fourth-order valence-corrected chi connectivity index (χ4v) is 3.30. The molecule has 4 rings (SSSR count). The summed E-state index contributed by atoms with van der Waals surface area (Å²) in [4.78, 5) is 12.6. The number of aromatic nitrogens is 3. The fraction of sp³-hybridized carbons (Fsp3) is 0.150. The lowest BCUT2D eigenvalue weighted by Gasteiger charge is -2.16. The molecule has 136 valence electrons. The van der Waals surface area contributed by atoms with Crippen LogP contribution < -0.4 is 21.5 Å². The lowest BCUT2D eigenvalue weighted by atomic mass is 10.1. The van der Waals surface area contributed by atoms with Crippen molar-refractivity contribution in [2.45, 2.75) is 13.5 Å². The zero-order valence-electron chi connectivity index (χ0n) is 15.2. The highest BCUT2D eigenvalue weighted by Gasteiger charge is 2.13. The lowest BCUT2D eigenvalue weighted by molar-refractivity contribution is 0.417. The Hall–Kier alpha value is -3.61. The predicted molar refractivity (Wildman–Crippen MR) is 109 cm³/mol. The van der Waals surface area contributed by atoms with E-state index in [1.807, 2.05) is 31.2 Å². The minimum absolute atomic E-state index is 0.123. The van der Waals surface area contributed by atoms with Crippen molar-refractivity contribution in [2.24, 2.45) is 0 Å². The number of nitrogens with two attached hydrogens (primary N) is 2. The zero-order chi connectivity index (χ0) is 19.0. The van der Waals surface area contributed by atoms with Crippen LogP contribution in [-0.2, 0) is 6.54 Å². The van der Waals surface area contributed by atoms with E-state index in [9.17, 15) is 0 Å². The average Bonchev–Trinajstić information content (AvgIpc) is 2.66. The third kappa shape index (κ3) is 2.93. The second kappa shape index (κ2) is 6.60. The number of nitrogen functional groups attached to an aromatic ring is 2. The van der Waals surface area contributed by atoms with E-state index in [1.165, 1.54) is 0 Å². The van der Waals surface area contributed by atoms with Gasteiger partial charge in [0.1, 0.15) is 11.6 Å². The number of nitrogens with one attached hydrogen (secondary N) is 1. The van der Waals surface area contributed by atoms with E-state index in [4.69, 9.17) is 16.2 Å². The van der Waals surface area contributed by atoms with Crippen LogP contribution in [0.15, 0.2) is 42.6 Å². The highest BCUT2D eigenvalue weighted by Crippen LogP contribution is 2.34. The zero-order valence-corrected chi connectivity index (χ0v) is 15.2. The van der Waals surface area contributed by atoms with Crippen LogP contribution in [0.1, 0.15) is 11.1 Å². The number of aryl methyl sites for hydroxylation is 1. The van der Waals surface area contributed by atoms with E-state index in [0.717, 1.165) is 38.7 Å². The molecule has 0 fully saturated rings. The Morgan fingerprint density at radius 2 is 1.89 bits per heavy atom. The Balaban J connectivity index is 1.74. The van der Waals surface area contributed by atoms with Gasteiger partial charge in [0, 0.05) is 18.1 Å². The van der Waals surface area contributed by atoms with Crippen LogP contribution in [0.25, 0.3) is 21.8 Å². The Morgan fingerprint density at radius 1 is 1.07 bits per heavy atom. The third-order valence-electron chi connectivity index (χ3n) is 4.70. The molecule has 0 aliphatic carbocycles. The summed E-state index contributed by atoms with van der Waals surface area (Å²) in [6.07, 6.45) is 1.79. The van der Waals surface area contributed by atoms with E-state index >= 15 is 0 Å². The fourth-order valence-electron chi connectivity index (χ4n) is 3.30. The predicted octanol–water partition coefficient (Wildman–Crippen LogP) is 3.27. The summed E-state index contributed by atoms with van der Waals surface area (Å²) < 4.78 is 5.54. The van der Waals surface area contributed by atoms with Crippen LogP contribution in [0, 0.1) is 6.92 Å². The molecule has 5 N–H and O–H groups in total. The molecule has 2 heterocycles. The van der Waals surface area contributed by atoms with Gasteiger partial charge in [-0.1, -0.05) is 30.3 Å². The summed E-state index contributed by atoms with van der Waals surface area (Å²) in [5, 5.41) is 6.46. The van der Waals surface area contributed by atoms with Gasteiger partial charge in [-0.05, 0) is 29.5 Å². The molecule has 0 saturated carbocycles. The van der Waals surface area contributed by atoms with Gasteiger partial charge >= 0.3 is 0 Å². The molecule has 0 unspecified atom stereocenters. The third-order valence-corrected chi connectivity index (χ3v) is 4.70. The van der Waals surface area contributed by atoms with Crippen LogP contribution in [0.5, 0.6) is 5.75 Å². The number of pyridine rings is 1. The van der Waals surface area contributed by atoms with Crippen molar-refractivity contribution in [3.8, 4) is 5.75 Å². The van der Waals surface area contributed by atoms with Crippen LogP contribution in [0.2, 0.25) is 0 Å². The number of ether oxygens (including phenoxy) is 1. The van der Waals surface area contributed by atoms with Gasteiger partial charge in [-0.15, -0.1) is 0 Å². The van der Waals surface area contributed by atoms with E-state index in [2.05, 4.69) is 32.4 Å². The Bertz CT molecular complexity index is 1160. The largest absolute Gasteiger partial charge is 0.495 e. The van der Waals surface area contributed by atoms with Crippen molar-refractivity contribution in [3.63, 3.8) is 0 Å². The molecular formula is C20H20N6O. The Morgan fingerprint density at radius 3 is 2.70 bits per heavy atom. The maximum atomic E-state index is 6.04. The first kappa shape index (κ1) is 16.8. The summed E-state index contributed by atoms with van der Waals surface area (Å²) in [5.74, 6) is 1.25. The molecule has 0 spiro atoms. The average molecular weight is 360 g/mol. The summed E-state index contributed by atoms with van der Waals surface area (Å²) in [5.41, 5.74) is 15.1. The number of hydrogen-bond donors (Lipinski definition) is 3. The first-order valence-corrected chi connectivity index (χ1v) is 8.55. The SMILES string of the molecule is COc1ccc2ccccc2c1NCc1cnc2nc(N)nc(N)c2c1C. The number of methoxy groups -OCH3 is 1. The molecule has 0 saturated heterocycles. The van der Waals surface area contributed by atoms with Gasteiger partial charge in [0.15, 0.2) is 5.65 Å². The second-order valence-electron chi connectivity index (χ2n) is 6.29. The quantitative estimate of drug-likeness (QED) is 0.512. The van der Waals surface area contributed by atoms with Gasteiger partial charge in [-0.2, -0.15) is 9.97 Å². The van der Waals surface area contributed by atoms with E-state index in [1.54, 1.807) is 13.3 Å². The van der Waals surface area contributed by atoms with Gasteiger partial charge < -0.3 is 21.5 Å². The molecule has 0 bridgehead atoms. The number of fused-ring (bicyclic) bond motifs is 2. The maximum absolute atomic E-state index is 6.04. The number of nitrogens with zero attached hydrogens (tertiary/aromatic N) is 3. The minimum atomic E-state index is 0.123. The maximum Gasteiger partial charge on any atom is 0.224 e. The summed E-state index contributed by atoms with van der Waals surface area (Å²) in [7, 11) is 1.67. The lowest BCUT2D eigenvalue weighted by Crippen LogP contribution is -2.07. The van der Waals surface area contributed by atoms with Crippen LogP contribution in [0.4, 0.5) is 17.5 Å². The summed E-state index contributed by atoms with van der Waals surface area (Å²) >= 11 is 0. The van der Waals surface area contributed by atoms with Gasteiger partial charge in [-0.25, -0.2) is 4.98 Å². The minimum Gasteiger partial charge on any atom is -0.495 e. The summed E-state index contributed by atoms with van der Waals surface area (Å²) in [6, 6.07) is 12.2. The van der Waals surface area contributed by atoms with E-state index in [-0.39, 0.29) is 5.95 Å². The summed E-state index contributed by atoms with van der Waals surface area (Å²) in [6.45, 7) is 2.54. The molecule has 2 aromatic carbocycles. The van der Waals surface area contributed by atoms with Crippen molar-refractivity contribution >= 4 is 39.3 Å². The highest BCUT2D eigenvalue weighted by atomic mass is 16.5. The molecule has 0 amide bonds. The second-order valence-corrected chi connectivity index (χ2v) is 6.29. The molecular weight excluding hydrogens is 340 g/mol. The number of rotatable bonds is 4. The molecule has 7 heteroatoms. The molecule has 0 radical (unpaired) electrons. The molecule has 0 aliphatic heterocycles. The normalized spacial score (nSPS) is 11.0. The molecule has 2 aromatic heterocycles. The van der Waals surface area contributed by atoms with Crippen molar-refractivity contribution in [1.29, 1.82) is 0 Å². The standard InChI is InChI=1S/C20H20N6O/c1-11-13(10-24-19-16(11)18(21)25-20(22)26-19)9-23-17-14-6-4-3-5-12(14)7-8-15(17)27-2/h3-8,10,23H,9H2,1-2H3,(H4,21,22,24,25,26). The number of anilines is 3. The van der Waals surface area contributed by atoms with Crippen LogP contribution in [0.3, 0.4) is 0 Å². The Labute approximate surface area is 156 Å². The first-order chi connectivity index (χ1) is 13.1. The smallest absolute Gasteiger partial charge is 0.224 e. The molecule has 27 heavy (non-hydrogen) atoms. The molecule has 0 atom stereocenters. The van der Waals surface area contributed by atoms with Gasteiger partial charge in [0.25, 0.3) is 0 Å². The van der Waals surface area contributed by atoms with Gasteiger partial charge in [-0.3, -0.25) is 0 Å². The van der Waals surface area contributed by atoms with Crippen LogP contribution in [-0.4, -0.2) is 22.1 Å². The monoisotopic (exact) mass is 360 g/mol. The Kier molecular flexibility index (Phi) is 4.12. The first-order valence-electron chi connectivity index (χ1n) is 8.55. The highest BCUT2D eigenvalue weighted by molar-refractivity contribution is 5.97. The van der Waals surface area contributed by atoms with Crippen molar-refractivity contribution < 1.29 is 4.74 Å². The van der Waals surface area contributed by atoms with Crippen LogP contribution >= 0.6 is 0 Å². The van der Waals surface area contributed by atoms with Crippen molar-refractivity contribution in [3.05, 3.63) is 53.7 Å². The number of benzene rings is 2. The molecule has 7 nitrogen and oxygen atoms in total. The topological polar surface area (TPSA) is 112 Å². The van der Waals surface area contributed by atoms with E-state index in [0.29, 0.717) is 18.0 Å². The van der Waals surface area contributed by atoms with Gasteiger partial charge in [0.05, 0.1) is 18.2 Å².